The highest BCUT2D eigenvalue weighted by atomic mass is 16.1. The number of carbonyl (C=O) groups excluding carboxylic acids is 1. The Hall–Kier alpha value is -3.52. The van der Waals surface area contributed by atoms with E-state index in [0.29, 0.717) is 24.5 Å². The third kappa shape index (κ3) is 5.17. The summed E-state index contributed by atoms with van der Waals surface area (Å²) >= 11 is 0. The molecule has 0 atom stereocenters. The highest BCUT2D eigenvalue weighted by molar-refractivity contribution is 6.04. The van der Waals surface area contributed by atoms with Gasteiger partial charge in [-0.05, 0) is 62.1 Å². The van der Waals surface area contributed by atoms with Gasteiger partial charge in [0.05, 0.1) is 5.52 Å². The molecule has 0 spiro atoms. The standard InChI is InChI=1S/C26H33N7O/c1-2-3-8-21-32-23-24(22-20(31-25(23)28)7-6-16-29-22)33(21)17-5-4-15-30-26(34)19-11-9-18(10-12-19)13-14-27/h6-7,9-12,16H,2-5,8,13-15,17,27H2,1H3,(H2,28,31)(H,30,34). The molecule has 0 aliphatic heterocycles. The van der Waals surface area contributed by atoms with Crippen LogP contribution in [0.4, 0.5) is 5.82 Å². The molecular formula is C26H33N7O. The molecular weight excluding hydrogens is 426 g/mol. The molecule has 4 rings (SSSR count). The number of hydrogen-bond donors (Lipinski definition) is 3. The summed E-state index contributed by atoms with van der Waals surface area (Å²) in [5.41, 5.74) is 16.9. The second kappa shape index (κ2) is 11.1. The van der Waals surface area contributed by atoms with Crippen molar-refractivity contribution < 1.29 is 4.79 Å². The Kier molecular flexibility index (Phi) is 7.69. The number of nitrogens with zero attached hydrogens (tertiary/aromatic N) is 4. The maximum Gasteiger partial charge on any atom is 0.251 e. The van der Waals surface area contributed by atoms with Crippen LogP contribution in [0.15, 0.2) is 42.6 Å². The van der Waals surface area contributed by atoms with Gasteiger partial charge in [-0.1, -0.05) is 25.5 Å². The molecule has 0 saturated carbocycles. The number of unbranched alkanes of at least 4 members (excludes halogenated alkanes) is 2. The molecule has 0 unspecified atom stereocenters. The highest BCUT2D eigenvalue weighted by Gasteiger charge is 2.17. The number of benzene rings is 1. The molecule has 178 valence electrons. The van der Waals surface area contributed by atoms with Gasteiger partial charge in [0, 0.05) is 31.3 Å². The van der Waals surface area contributed by atoms with Crippen LogP contribution in [0.2, 0.25) is 0 Å². The summed E-state index contributed by atoms with van der Waals surface area (Å²) in [6, 6.07) is 11.4. The van der Waals surface area contributed by atoms with E-state index < -0.39 is 0 Å². The van der Waals surface area contributed by atoms with E-state index in [1.165, 1.54) is 0 Å². The zero-order valence-electron chi connectivity index (χ0n) is 19.8. The van der Waals surface area contributed by atoms with E-state index in [-0.39, 0.29) is 5.91 Å². The van der Waals surface area contributed by atoms with Gasteiger partial charge in [0.25, 0.3) is 5.91 Å². The van der Waals surface area contributed by atoms with Crippen LogP contribution in [0.5, 0.6) is 0 Å². The molecule has 8 heteroatoms. The first-order valence-electron chi connectivity index (χ1n) is 12.1. The van der Waals surface area contributed by atoms with E-state index in [9.17, 15) is 4.79 Å². The lowest BCUT2D eigenvalue weighted by molar-refractivity contribution is 0.0953. The number of imidazole rings is 1. The Bertz CT molecular complexity index is 1260. The van der Waals surface area contributed by atoms with Gasteiger partial charge in [0.2, 0.25) is 0 Å². The normalized spacial score (nSPS) is 11.4. The Balaban J connectivity index is 1.43. The number of carbonyl (C=O) groups is 1. The predicted molar refractivity (Wildman–Crippen MR) is 137 cm³/mol. The molecule has 0 aliphatic carbocycles. The number of hydrogen-bond acceptors (Lipinski definition) is 6. The molecule has 3 heterocycles. The second-order valence-corrected chi connectivity index (χ2v) is 8.55. The van der Waals surface area contributed by atoms with E-state index in [1.54, 1.807) is 6.20 Å². The number of amides is 1. The quantitative estimate of drug-likeness (QED) is 0.294. The largest absolute Gasteiger partial charge is 0.382 e. The van der Waals surface area contributed by atoms with Crippen molar-refractivity contribution in [1.82, 2.24) is 24.8 Å². The first-order chi connectivity index (χ1) is 16.6. The van der Waals surface area contributed by atoms with Crippen LogP contribution in [0, 0.1) is 0 Å². The Labute approximate surface area is 199 Å². The van der Waals surface area contributed by atoms with Gasteiger partial charge >= 0.3 is 0 Å². The summed E-state index contributed by atoms with van der Waals surface area (Å²) in [6.07, 6.45) is 7.39. The first kappa shape index (κ1) is 23.6. The predicted octanol–water partition coefficient (Wildman–Crippen LogP) is 3.62. The van der Waals surface area contributed by atoms with E-state index in [0.717, 1.165) is 78.5 Å². The number of aromatic nitrogens is 4. The van der Waals surface area contributed by atoms with Crippen molar-refractivity contribution >= 4 is 33.8 Å². The number of pyridine rings is 2. The summed E-state index contributed by atoms with van der Waals surface area (Å²) in [6.45, 7) is 4.18. The molecule has 0 radical (unpaired) electrons. The van der Waals surface area contributed by atoms with E-state index >= 15 is 0 Å². The summed E-state index contributed by atoms with van der Waals surface area (Å²) in [5.74, 6) is 1.41. The van der Waals surface area contributed by atoms with Crippen molar-refractivity contribution in [3.8, 4) is 0 Å². The van der Waals surface area contributed by atoms with Crippen LogP contribution in [-0.2, 0) is 19.4 Å². The lowest BCUT2D eigenvalue weighted by atomic mass is 10.1. The first-order valence-corrected chi connectivity index (χ1v) is 12.1. The van der Waals surface area contributed by atoms with Crippen molar-refractivity contribution in [3.05, 3.63) is 59.5 Å². The average Bonchev–Trinajstić information content (AvgIpc) is 3.22. The topological polar surface area (TPSA) is 125 Å². The molecule has 1 amide bonds. The van der Waals surface area contributed by atoms with Gasteiger partial charge in [0.15, 0.2) is 5.82 Å². The fourth-order valence-electron chi connectivity index (χ4n) is 4.22. The number of anilines is 1. The lowest BCUT2D eigenvalue weighted by Gasteiger charge is -2.11. The minimum absolute atomic E-state index is 0.0509. The van der Waals surface area contributed by atoms with Crippen molar-refractivity contribution in [3.63, 3.8) is 0 Å². The number of rotatable bonds is 11. The van der Waals surface area contributed by atoms with Crippen LogP contribution in [-0.4, -0.2) is 38.5 Å². The maximum atomic E-state index is 12.5. The summed E-state index contributed by atoms with van der Waals surface area (Å²) in [4.78, 5) is 26.4. The van der Waals surface area contributed by atoms with Gasteiger partial charge in [-0.25, -0.2) is 9.97 Å². The van der Waals surface area contributed by atoms with E-state index in [1.807, 2.05) is 36.4 Å². The van der Waals surface area contributed by atoms with Crippen LogP contribution in [0.1, 0.15) is 54.4 Å². The molecule has 34 heavy (non-hydrogen) atoms. The van der Waals surface area contributed by atoms with Crippen molar-refractivity contribution in [2.75, 3.05) is 18.8 Å². The zero-order chi connectivity index (χ0) is 23.9. The molecule has 4 aromatic rings. The number of nitrogens with two attached hydrogens (primary N) is 2. The van der Waals surface area contributed by atoms with Gasteiger partial charge in [-0.3, -0.25) is 9.78 Å². The molecule has 8 nitrogen and oxygen atoms in total. The molecule has 0 fully saturated rings. The maximum absolute atomic E-state index is 12.5. The van der Waals surface area contributed by atoms with Crippen LogP contribution < -0.4 is 16.8 Å². The summed E-state index contributed by atoms with van der Waals surface area (Å²) in [5, 5.41) is 3.02. The second-order valence-electron chi connectivity index (χ2n) is 8.55. The minimum Gasteiger partial charge on any atom is -0.382 e. The molecule has 0 bridgehead atoms. The number of aryl methyl sites for hydroxylation is 2. The zero-order valence-corrected chi connectivity index (χ0v) is 19.8. The van der Waals surface area contributed by atoms with E-state index in [2.05, 4.69) is 26.8 Å². The average molecular weight is 460 g/mol. The van der Waals surface area contributed by atoms with Gasteiger partial charge < -0.3 is 21.4 Å². The Morgan fingerprint density at radius 3 is 2.62 bits per heavy atom. The molecule has 3 aromatic heterocycles. The summed E-state index contributed by atoms with van der Waals surface area (Å²) < 4.78 is 2.25. The van der Waals surface area contributed by atoms with Gasteiger partial charge in [-0.15, -0.1) is 0 Å². The molecule has 1 aromatic carbocycles. The fourth-order valence-corrected chi connectivity index (χ4v) is 4.22. The highest BCUT2D eigenvalue weighted by Crippen LogP contribution is 2.28. The monoisotopic (exact) mass is 459 g/mol. The number of fused-ring (bicyclic) bond motifs is 3. The third-order valence-corrected chi connectivity index (χ3v) is 6.04. The van der Waals surface area contributed by atoms with Gasteiger partial charge in [0.1, 0.15) is 22.4 Å². The van der Waals surface area contributed by atoms with Crippen LogP contribution in [0.25, 0.3) is 22.1 Å². The van der Waals surface area contributed by atoms with Crippen molar-refractivity contribution in [2.24, 2.45) is 5.73 Å². The number of nitrogen functional groups attached to an aromatic ring is 1. The van der Waals surface area contributed by atoms with Crippen LogP contribution >= 0.6 is 0 Å². The third-order valence-electron chi connectivity index (χ3n) is 6.04. The van der Waals surface area contributed by atoms with Crippen molar-refractivity contribution in [2.45, 2.75) is 52.0 Å². The summed E-state index contributed by atoms with van der Waals surface area (Å²) in [7, 11) is 0. The SMILES string of the molecule is CCCCc1nc2c(N)nc3cccnc3c2n1CCCCNC(=O)c1ccc(CCN)cc1. The fraction of sp³-hybridized carbons (Fsp3) is 0.385. The Morgan fingerprint density at radius 2 is 1.85 bits per heavy atom. The molecule has 0 saturated heterocycles. The van der Waals surface area contributed by atoms with Gasteiger partial charge in [-0.2, -0.15) is 0 Å². The minimum atomic E-state index is -0.0509. The number of nitrogens with one attached hydrogen (secondary N) is 1. The smallest absolute Gasteiger partial charge is 0.251 e. The Morgan fingerprint density at radius 1 is 1.03 bits per heavy atom. The van der Waals surface area contributed by atoms with E-state index in [4.69, 9.17) is 16.5 Å². The molecule has 5 N–H and O–H groups in total. The van der Waals surface area contributed by atoms with Crippen LogP contribution in [0.3, 0.4) is 0 Å². The van der Waals surface area contributed by atoms with Crippen molar-refractivity contribution in [1.29, 1.82) is 0 Å². The molecule has 0 aliphatic rings. The lowest BCUT2D eigenvalue weighted by Crippen LogP contribution is -2.24.